The molecule has 2 N–H and O–H groups in total. The first-order valence-corrected chi connectivity index (χ1v) is 23.3. The average molecular weight is 1010 g/mol. The van der Waals surface area contributed by atoms with Crippen molar-refractivity contribution in [3.05, 3.63) is 123 Å². The van der Waals surface area contributed by atoms with Crippen LogP contribution in [-0.4, -0.2) is 72.6 Å². The molecule has 0 spiro atoms. The SMILES string of the molecule is COc1cc2[nH]nc(-c3ccc(N4CC[C@@H]4CC#N)nc3)c2cc1O[C@H](C)c1c(Cl)cncc1Cl.C[C@@H](Oc1cc2c(-c3ccc(N4CC[C@H]4CC#N)nc3)n[nH]c2cc1F)c1c(Cl)cncc1Cl. The van der Waals surface area contributed by atoms with Gasteiger partial charge < -0.3 is 24.0 Å². The summed E-state index contributed by atoms with van der Waals surface area (Å²) in [7, 11) is 1.58. The van der Waals surface area contributed by atoms with Gasteiger partial charge in [0.2, 0.25) is 0 Å². The molecule has 10 rings (SSSR count). The summed E-state index contributed by atoms with van der Waals surface area (Å²) in [6.07, 6.45) is 11.5. The number of H-pyrrole nitrogens is 2. The monoisotopic (exact) mass is 1000 g/mol. The van der Waals surface area contributed by atoms with E-state index in [9.17, 15) is 4.39 Å². The molecule has 15 nitrogen and oxygen atoms in total. The Morgan fingerprint density at radius 2 is 1.10 bits per heavy atom. The molecule has 2 aromatic carbocycles. The maximum absolute atomic E-state index is 14.8. The van der Waals surface area contributed by atoms with Gasteiger partial charge in [0.1, 0.15) is 35.2 Å². The molecule has 0 radical (unpaired) electrons. The van der Waals surface area contributed by atoms with Crippen LogP contribution < -0.4 is 24.0 Å². The highest BCUT2D eigenvalue weighted by Crippen LogP contribution is 2.41. The molecule has 69 heavy (non-hydrogen) atoms. The van der Waals surface area contributed by atoms with Crippen LogP contribution in [0.4, 0.5) is 16.0 Å². The number of hydrogen-bond acceptors (Lipinski definition) is 13. The summed E-state index contributed by atoms with van der Waals surface area (Å²) < 4.78 is 32.5. The Hall–Kier alpha value is -6.95. The molecule has 0 aliphatic carbocycles. The maximum atomic E-state index is 14.8. The van der Waals surface area contributed by atoms with Crippen molar-refractivity contribution in [1.29, 1.82) is 10.5 Å². The van der Waals surface area contributed by atoms with Crippen LogP contribution in [-0.2, 0) is 0 Å². The number of rotatable bonds is 13. The van der Waals surface area contributed by atoms with Crippen molar-refractivity contribution in [3.8, 4) is 51.9 Å². The first kappa shape index (κ1) is 47.1. The second-order valence-electron chi connectivity index (χ2n) is 16.4. The zero-order chi connectivity index (χ0) is 48.3. The molecular weight excluding hydrogens is 965 g/mol. The van der Waals surface area contributed by atoms with Gasteiger partial charge in [0.05, 0.1) is 63.2 Å². The number of hydrogen-bond donors (Lipinski definition) is 2. The number of benzene rings is 2. The van der Waals surface area contributed by atoms with Gasteiger partial charge in [-0.3, -0.25) is 20.2 Å². The topological polar surface area (TPSA) is 191 Å². The molecule has 8 aromatic rings. The van der Waals surface area contributed by atoms with Gasteiger partial charge in [0.25, 0.3) is 0 Å². The number of nitrogens with one attached hydrogen (secondary N) is 2. The van der Waals surface area contributed by atoms with Crippen LogP contribution in [0.1, 0.15) is 62.9 Å². The van der Waals surface area contributed by atoms with Gasteiger partial charge in [0, 0.05) is 108 Å². The highest BCUT2D eigenvalue weighted by Gasteiger charge is 2.30. The van der Waals surface area contributed by atoms with Crippen LogP contribution in [0.25, 0.3) is 44.3 Å². The predicted octanol–water partition coefficient (Wildman–Crippen LogP) is 12.1. The molecule has 2 aliphatic rings. The Morgan fingerprint density at radius 3 is 1.51 bits per heavy atom. The molecule has 8 heterocycles. The van der Waals surface area contributed by atoms with E-state index in [1.807, 2.05) is 43.3 Å². The third kappa shape index (κ3) is 9.58. The van der Waals surface area contributed by atoms with E-state index in [4.69, 9.17) is 71.1 Å². The minimum Gasteiger partial charge on any atom is -0.493 e. The average Bonchev–Trinajstić information content (AvgIpc) is 3.93. The first-order chi connectivity index (χ1) is 33.5. The zero-order valence-electron chi connectivity index (χ0n) is 37.2. The van der Waals surface area contributed by atoms with E-state index in [0.29, 0.717) is 72.2 Å². The molecule has 6 aromatic heterocycles. The molecule has 0 bridgehead atoms. The Kier molecular flexibility index (Phi) is 13.9. The van der Waals surface area contributed by atoms with E-state index in [1.165, 1.54) is 30.9 Å². The van der Waals surface area contributed by atoms with E-state index in [-0.39, 0.29) is 17.8 Å². The number of fused-ring (bicyclic) bond motifs is 2. The third-order valence-corrected chi connectivity index (χ3v) is 13.4. The van der Waals surface area contributed by atoms with Crippen LogP contribution >= 0.6 is 46.4 Å². The molecule has 0 unspecified atom stereocenters. The summed E-state index contributed by atoms with van der Waals surface area (Å²) in [4.78, 5) is 21.4. The van der Waals surface area contributed by atoms with Crippen molar-refractivity contribution in [1.82, 2.24) is 40.3 Å². The van der Waals surface area contributed by atoms with Gasteiger partial charge in [-0.2, -0.15) is 20.7 Å². The van der Waals surface area contributed by atoms with Gasteiger partial charge in [-0.15, -0.1) is 0 Å². The number of ether oxygens (including phenoxy) is 3. The molecule has 20 heteroatoms. The molecule has 4 atom stereocenters. The van der Waals surface area contributed by atoms with Gasteiger partial charge >= 0.3 is 0 Å². The van der Waals surface area contributed by atoms with Crippen LogP contribution in [0.15, 0.2) is 85.7 Å². The second-order valence-corrected chi connectivity index (χ2v) is 18.0. The van der Waals surface area contributed by atoms with Crippen molar-refractivity contribution in [3.63, 3.8) is 0 Å². The van der Waals surface area contributed by atoms with Crippen molar-refractivity contribution >= 4 is 79.8 Å². The Morgan fingerprint density at radius 1 is 0.652 bits per heavy atom. The van der Waals surface area contributed by atoms with Gasteiger partial charge in [0.15, 0.2) is 23.1 Å². The van der Waals surface area contributed by atoms with Gasteiger partial charge in [-0.25, -0.2) is 14.4 Å². The molecular formula is C49H41Cl4FN12O3. The van der Waals surface area contributed by atoms with E-state index >= 15 is 0 Å². The smallest absolute Gasteiger partial charge is 0.167 e. The predicted molar refractivity (Wildman–Crippen MR) is 264 cm³/mol. The lowest BCUT2D eigenvalue weighted by Gasteiger charge is -2.40. The minimum absolute atomic E-state index is 0.0519. The number of halogens is 5. The quantitative estimate of drug-likeness (QED) is 0.111. The van der Waals surface area contributed by atoms with Gasteiger partial charge in [-0.05, 0) is 63.1 Å². The second kappa shape index (κ2) is 20.3. The normalized spacial score (nSPS) is 16.1. The van der Waals surface area contributed by atoms with Crippen LogP contribution in [0, 0.1) is 28.5 Å². The van der Waals surface area contributed by atoms with E-state index in [2.05, 4.69) is 62.3 Å². The first-order valence-electron chi connectivity index (χ1n) is 21.8. The molecule has 2 saturated heterocycles. The molecule has 2 aliphatic heterocycles. The van der Waals surface area contributed by atoms with Crippen molar-refractivity contribution in [2.24, 2.45) is 0 Å². The number of pyridine rings is 4. The number of nitrogens with zero attached hydrogens (tertiary/aromatic N) is 10. The summed E-state index contributed by atoms with van der Waals surface area (Å²) in [5.41, 5.74) is 5.54. The molecule has 0 amide bonds. The summed E-state index contributed by atoms with van der Waals surface area (Å²) in [6, 6.07) is 19.4. The number of methoxy groups -OCH3 is 1. The number of aromatic nitrogens is 8. The van der Waals surface area contributed by atoms with E-state index < -0.39 is 18.0 Å². The Labute approximate surface area is 415 Å². The number of anilines is 2. The summed E-state index contributed by atoms with van der Waals surface area (Å²) in [5.74, 6) is 2.29. The lowest BCUT2D eigenvalue weighted by atomic mass is 10.0. The van der Waals surface area contributed by atoms with E-state index in [0.717, 1.165) is 65.3 Å². The summed E-state index contributed by atoms with van der Waals surface area (Å²) >= 11 is 25.1. The lowest BCUT2D eigenvalue weighted by molar-refractivity contribution is 0.216. The van der Waals surface area contributed by atoms with Crippen molar-refractivity contribution < 1.29 is 18.6 Å². The third-order valence-electron chi connectivity index (χ3n) is 12.2. The van der Waals surface area contributed by atoms with E-state index in [1.54, 1.807) is 32.5 Å². The lowest BCUT2D eigenvalue weighted by Crippen LogP contribution is -2.48. The fraction of sp³-hybridized carbons (Fsp3) is 0.265. The summed E-state index contributed by atoms with van der Waals surface area (Å²) in [5, 5.41) is 35.9. The van der Waals surface area contributed by atoms with Crippen LogP contribution in [0.2, 0.25) is 20.1 Å². The zero-order valence-corrected chi connectivity index (χ0v) is 40.2. The van der Waals surface area contributed by atoms with Crippen molar-refractivity contribution in [2.75, 3.05) is 30.0 Å². The maximum Gasteiger partial charge on any atom is 0.167 e. The molecule has 0 saturated carbocycles. The number of nitriles is 2. The number of aromatic amines is 2. The fourth-order valence-corrected chi connectivity index (χ4v) is 9.80. The van der Waals surface area contributed by atoms with Crippen LogP contribution in [0.3, 0.4) is 0 Å². The fourth-order valence-electron chi connectivity index (χ4n) is 8.46. The Balaban J connectivity index is 0.000000172. The standard InChI is InChI=1S/C25H22Cl2N6O2.C24H19Cl2FN6O/c1-14(24-18(26)12-29-13-19(24)27)35-22-9-17-20(10-21(22)34-2)31-32-25(17)15-3-4-23(30-11-15)33-8-6-16(33)5-7-28;1-13(23-17(25)11-29-12-18(23)26)34-21-8-16-20(9-19(21)27)31-32-24(16)14-2-3-22(30-10-14)33-7-5-15(33)4-6-28/h3-4,9-14,16H,5-6,8H2,1-2H3,(H,31,32);2-3,8-13,15H,4-5,7H2,1H3,(H,31,32)/t14-,16+;13-,15-/m11/s1. The molecule has 350 valence electrons. The highest BCUT2D eigenvalue weighted by molar-refractivity contribution is 6.36. The minimum atomic E-state index is -0.607. The van der Waals surface area contributed by atoms with Crippen molar-refractivity contribution in [2.45, 2.75) is 63.8 Å². The van der Waals surface area contributed by atoms with Gasteiger partial charge in [-0.1, -0.05) is 46.4 Å². The largest absolute Gasteiger partial charge is 0.493 e. The van der Waals surface area contributed by atoms with Crippen LogP contribution in [0.5, 0.6) is 17.2 Å². The Bertz CT molecular complexity index is 3210. The molecule has 2 fully saturated rings. The highest BCUT2D eigenvalue weighted by atomic mass is 35.5. The summed E-state index contributed by atoms with van der Waals surface area (Å²) in [6.45, 7) is 5.40.